The maximum Gasteiger partial charge on any atom is 0.230 e. The largest absolute Gasteiger partial charge is 0.370 e. The topological polar surface area (TPSA) is 42.8 Å². The Morgan fingerprint density at radius 3 is 2.50 bits per heavy atom. The molecule has 1 saturated carbocycles. The quantitative estimate of drug-likeness (QED) is 0.833. The molecule has 1 aliphatic carbocycles. The molecule has 2 fully saturated rings. The van der Waals surface area contributed by atoms with Crippen LogP contribution in [0, 0.1) is 0 Å². The van der Waals surface area contributed by atoms with Gasteiger partial charge in [0.15, 0.2) is 0 Å². The molecule has 0 spiro atoms. The molecule has 1 aromatic carbocycles. The van der Waals surface area contributed by atoms with Crippen LogP contribution in [0.3, 0.4) is 0 Å². The lowest BCUT2D eigenvalue weighted by Crippen LogP contribution is -3.14. The molecule has 22 heavy (non-hydrogen) atoms. The van der Waals surface area contributed by atoms with Gasteiger partial charge in [-0.2, -0.15) is 0 Å². The van der Waals surface area contributed by atoms with E-state index in [1.807, 2.05) is 18.2 Å². The minimum atomic E-state index is -0.290. The predicted molar refractivity (Wildman–Crippen MR) is 86.0 cm³/mol. The standard InChI is InChI=1S/C18H26N2O2/c21-17(19-10-11-20-12-14-22-15-13-20)18(8-4-5-9-18)16-6-2-1-3-7-16/h1-3,6-7H,4-5,8-15H2,(H,19,21)/p+1. The maximum absolute atomic E-state index is 12.9. The molecule has 1 aromatic rings. The molecular formula is C18H27N2O2+. The van der Waals surface area contributed by atoms with E-state index < -0.39 is 0 Å². The van der Waals surface area contributed by atoms with Crippen LogP contribution < -0.4 is 10.2 Å². The van der Waals surface area contributed by atoms with Crippen LogP contribution in [0.4, 0.5) is 0 Å². The average molecular weight is 303 g/mol. The van der Waals surface area contributed by atoms with Crippen molar-refractivity contribution in [2.75, 3.05) is 39.4 Å². The van der Waals surface area contributed by atoms with Crippen molar-refractivity contribution < 1.29 is 14.4 Å². The number of hydrogen-bond acceptors (Lipinski definition) is 2. The highest BCUT2D eigenvalue weighted by molar-refractivity contribution is 5.88. The van der Waals surface area contributed by atoms with Gasteiger partial charge in [-0.1, -0.05) is 43.2 Å². The molecule has 1 amide bonds. The summed E-state index contributed by atoms with van der Waals surface area (Å²) < 4.78 is 5.37. The van der Waals surface area contributed by atoms with E-state index in [1.54, 1.807) is 0 Å². The molecule has 1 aliphatic heterocycles. The van der Waals surface area contributed by atoms with Gasteiger partial charge in [0.05, 0.1) is 31.7 Å². The van der Waals surface area contributed by atoms with Crippen molar-refractivity contribution in [3.63, 3.8) is 0 Å². The number of carbonyl (C=O) groups is 1. The highest BCUT2D eigenvalue weighted by Crippen LogP contribution is 2.41. The maximum atomic E-state index is 12.9. The first-order valence-corrected chi connectivity index (χ1v) is 8.56. The Balaban J connectivity index is 1.59. The van der Waals surface area contributed by atoms with Crippen LogP contribution in [0.25, 0.3) is 0 Å². The Morgan fingerprint density at radius 2 is 1.82 bits per heavy atom. The number of rotatable bonds is 5. The highest BCUT2D eigenvalue weighted by Gasteiger charge is 2.42. The van der Waals surface area contributed by atoms with Crippen molar-refractivity contribution in [3.05, 3.63) is 35.9 Å². The lowest BCUT2D eigenvalue weighted by Gasteiger charge is -2.29. The fourth-order valence-corrected chi connectivity index (χ4v) is 3.81. The second kappa shape index (κ2) is 7.25. The monoisotopic (exact) mass is 303 g/mol. The minimum Gasteiger partial charge on any atom is -0.370 e. The Labute approximate surface area is 132 Å². The Kier molecular flexibility index (Phi) is 5.11. The lowest BCUT2D eigenvalue weighted by molar-refractivity contribution is -0.906. The molecule has 2 aliphatic rings. The molecule has 2 N–H and O–H groups in total. The number of hydrogen-bond donors (Lipinski definition) is 2. The van der Waals surface area contributed by atoms with Crippen LogP contribution in [0.2, 0.25) is 0 Å². The zero-order valence-electron chi connectivity index (χ0n) is 13.3. The van der Waals surface area contributed by atoms with Crippen LogP contribution in [0.1, 0.15) is 31.2 Å². The molecule has 3 rings (SSSR count). The van der Waals surface area contributed by atoms with Crippen molar-refractivity contribution in [1.29, 1.82) is 0 Å². The van der Waals surface area contributed by atoms with Crippen molar-refractivity contribution in [2.45, 2.75) is 31.1 Å². The van der Waals surface area contributed by atoms with E-state index in [-0.39, 0.29) is 11.3 Å². The first kappa shape index (κ1) is 15.5. The normalized spacial score (nSPS) is 21.6. The summed E-state index contributed by atoms with van der Waals surface area (Å²) in [7, 11) is 0. The summed E-state index contributed by atoms with van der Waals surface area (Å²) >= 11 is 0. The average Bonchev–Trinajstić information content (AvgIpc) is 3.08. The van der Waals surface area contributed by atoms with Gasteiger partial charge in [-0.3, -0.25) is 4.79 Å². The number of quaternary nitrogens is 1. The summed E-state index contributed by atoms with van der Waals surface area (Å²) in [6.07, 6.45) is 4.26. The minimum absolute atomic E-state index is 0.226. The highest BCUT2D eigenvalue weighted by atomic mass is 16.5. The SMILES string of the molecule is O=C(NCC[NH+]1CCOCC1)C1(c2ccccc2)CCCC1. The summed E-state index contributed by atoms with van der Waals surface area (Å²) in [6.45, 7) is 5.57. The van der Waals surface area contributed by atoms with E-state index in [0.717, 1.165) is 65.1 Å². The van der Waals surface area contributed by atoms with Crippen LogP contribution in [-0.4, -0.2) is 45.3 Å². The number of nitrogens with one attached hydrogen (secondary N) is 2. The summed E-state index contributed by atoms with van der Waals surface area (Å²) in [5, 5.41) is 3.21. The number of carbonyl (C=O) groups excluding carboxylic acids is 1. The third-order valence-electron chi connectivity index (χ3n) is 5.18. The van der Waals surface area contributed by atoms with Crippen LogP contribution in [0.5, 0.6) is 0 Å². The molecule has 1 saturated heterocycles. The molecule has 0 bridgehead atoms. The fraction of sp³-hybridized carbons (Fsp3) is 0.611. The van der Waals surface area contributed by atoms with Gasteiger partial charge in [-0.15, -0.1) is 0 Å². The number of benzene rings is 1. The summed E-state index contributed by atoms with van der Waals surface area (Å²) in [5.74, 6) is 0.226. The zero-order valence-corrected chi connectivity index (χ0v) is 13.3. The van der Waals surface area contributed by atoms with Crippen LogP contribution in [-0.2, 0) is 14.9 Å². The third-order valence-corrected chi connectivity index (χ3v) is 5.18. The van der Waals surface area contributed by atoms with Gasteiger partial charge in [0.1, 0.15) is 13.1 Å². The number of ether oxygens (including phenoxy) is 1. The molecule has 0 atom stereocenters. The summed E-state index contributed by atoms with van der Waals surface area (Å²) in [6, 6.07) is 10.3. The van der Waals surface area contributed by atoms with Gasteiger partial charge in [-0.25, -0.2) is 0 Å². The van der Waals surface area contributed by atoms with Gasteiger partial charge in [0.2, 0.25) is 5.91 Å². The third kappa shape index (κ3) is 3.33. The van der Waals surface area contributed by atoms with E-state index in [0.29, 0.717) is 0 Å². The second-order valence-electron chi connectivity index (χ2n) is 6.52. The second-order valence-corrected chi connectivity index (χ2v) is 6.52. The lowest BCUT2D eigenvalue weighted by atomic mass is 9.78. The van der Waals surface area contributed by atoms with E-state index in [4.69, 9.17) is 4.74 Å². The van der Waals surface area contributed by atoms with E-state index in [9.17, 15) is 4.79 Å². The molecule has 4 heteroatoms. The Bertz CT molecular complexity index is 477. The molecule has 0 radical (unpaired) electrons. The van der Waals surface area contributed by atoms with Crippen molar-refractivity contribution in [2.24, 2.45) is 0 Å². The van der Waals surface area contributed by atoms with Crippen LogP contribution in [0.15, 0.2) is 30.3 Å². The number of morpholine rings is 1. The molecule has 0 unspecified atom stereocenters. The molecule has 1 heterocycles. The van der Waals surface area contributed by atoms with E-state index in [1.165, 1.54) is 10.5 Å². The fourth-order valence-electron chi connectivity index (χ4n) is 3.81. The zero-order chi connectivity index (χ0) is 15.3. The Hall–Kier alpha value is -1.39. The predicted octanol–water partition coefficient (Wildman–Crippen LogP) is 0.530. The van der Waals surface area contributed by atoms with Gasteiger partial charge < -0.3 is 15.0 Å². The molecule has 4 nitrogen and oxygen atoms in total. The summed E-state index contributed by atoms with van der Waals surface area (Å²) in [5.41, 5.74) is 0.894. The van der Waals surface area contributed by atoms with Crippen molar-refractivity contribution in [3.8, 4) is 0 Å². The molecular weight excluding hydrogens is 276 g/mol. The molecule has 0 aromatic heterocycles. The molecule has 120 valence electrons. The van der Waals surface area contributed by atoms with Crippen LogP contribution >= 0.6 is 0 Å². The van der Waals surface area contributed by atoms with E-state index >= 15 is 0 Å². The van der Waals surface area contributed by atoms with Crippen molar-refractivity contribution >= 4 is 5.91 Å². The van der Waals surface area contributed by atoms with Gasteiger partial charge in [-0.05, 0) is 18.4 Å². The van der Waals surface area contributed by atoms with E-state index in [2.05, 4.69) is 17.4 Å². The smallest absolute Gasteiger partial charge is 0.230 e. The number of amides is 1. The van der Waals surface area contributed by atoms with Gasteiger partial charge >= 0.3 is 0 Å². The van der Waals surface area contributed by atoms with Crippen molar-refractivity contribution in [1.82, 2.24) is 5.32 Å². The van der Waals surface area contributed by atoms with Gasteiger partial charge in [0.25, 0.3) is 0 Å². The Morgan fingerprint density at radius 1 is 1.14 bits per heavy atom. The first-order chi connectivity index (χ1) is 10.8. The van der Waals surface area contributed by atoms with Gasteiger partial charge in [0, 0.05) is 0 Å². The summed E-state index contributed by atoms with van der Waals surface area (Å²) in [4.78, 5) is 14.4. The first-order valence-electron chi connectivity index (χ1n) is 8.56.